The van der Waals surface area contributed by atoms with Crippen LogP contribution in [0.1, 0.15) is 51.6 Å². The van der Waals surface area contributed by atoms with Crippen molar-refractivity contribution in [3.05, 3.63) is 29.8 Å². The molecule has 0 aromatic carbocycles. The predicted molar refractivity (Wildman–Crippen MR) is 78.2 cm³/mol. The Hall–Kier alpha value is -1.49. The molecule has 0 spiro atoms. The molecule has 1 unspecified atom stereocenters. The minimum Gasteiger partial charge on any atom is -0.464 e. The molecule has 1 heterocycles. The lowest BCUT2D eigenvalue weighted by Gasteiger charge is -2.33. The van der Waals surface area contributed by atoms with Crippen LogP contribution in [0.3, 0.4) is 0 Å². The summed E-state index contributed by atoms with van der Waals surface area (Å²) in [4.78, 5) is 16.7. The number of ether oxygens (including phenoxy) is 1. The van der Waals surface area contributed by atoms with Gasteiger partial charge in [0, 0.05) is 6.04 Å². The van der Waals surface area contributed by atoms with Gasteiger partial charge in [0.15, 0.2) is 5.54 Å². The summed E-state index contributed by atoms with van der Waals surface area (Å²) < 4.78 is 18.4. The summed E-state index contributed by atoms with van der Waals surface area (Å²) in [7, 11) is 0. The molecule has 1 aliphatic carbocycles. The standard InChI is InChI=1S/C16H23FN2O2/c1-3-16(15(20)21-4-2,19-13-7-5-6-8-13)14-10-9-12(17)11-18-14/h9-11,13,19H,3-8H2,1-2H3. The van der Waals surface area contributed by atoms with Gasteiger partial charge in [0.25, 0.3) is 0 Å². The highest BCUT2D eigenvalue weighted by Gasteiger charge is 2.43. The second-order valence-electron chi connectivity index (χ2n) is 5.47. The summed E-state index contributed by atoms with van der Waals surface area (Å²) in [6.45, 7) is 4.02. The summed E-state index contributed by atoms with van der Waals surface area (Å²) in [5, 5.41) is 3.44. The number of carbonyl (C=O) groups excluding carboxylic acids is 1. The Bertz CT molecular complexity index is 472. The van der Waals surface area contributed by atoms with Gasteiger partial charge in [-0.25, -0.2) is 9.18 Å². The lowest BCUT2D eigenvalue weighted by atomic mass is 9.89. The molecule has 0 saturated heterocycles. The molecule has 2 rings (SSSR count). The summed E-state index contributed by atoms with van der Waals surface area (Å²) in [5.41, 5.74) is -0.463. The molecule has 1 aromatic rings. The van der Waals surface area contributed by atoms with Gasteiger partial charge < -0.3 is 4.74 Å². The molecule has 4 nitrogen and oxygen atoms in total. The maximum absolute atomic E-state index is 13.1. The third-order valence-corrected chi connectivity index (χ3v) is 4.12. The SMILES string of the molecule is CCOC(=O)C(CC)(NC1CCCC1)c1ccc(F)cn1. The molecule has 1 aromatic heterocycles. The van der Waals surface area contributed by atoms with Crippen molar-refractivity contribution in [3.8, 4) is 0 Å². The number of pyridine rings is 1. The minimum atomic E-state index is -0.987. The van der Waals surface area contributed by atoms with Crippen LogP contribution in [-0.4, -0.2) is 23.6 Å². The third-order valence-electron chi connectivity index (χ3n) is 4.12. The highest BCUT2D eigenvalue weighted by molar-refractivity contribution is 5.82. The van der Waals surface area contributed by atoms with Crippen LogP contribution in [0, 0.1) is 5.82 Å². The van der Waals surface area contributed by atoms with Crippen molar-refractivity contribution in [3.63, 3.8) is 0 Å². The van der Waals surface area contributed by atoms with Gasteiger partial charge in [-0.3, -0.25) is 10.3 Å². The number of nitrogens with one attached hydrogen (secondary N) is 1. The Morgan fingerprint density at radius 3 is 2.67 bits per heavy atom. The average Bonchev–Trinajstić information content (AvgIpc) is 2.99. The van der Waals surface area contributed by atoms with Gasteiger partial charge in [-0.2, -0.15) is 0 Å². The van der Waals surface area contributed by atoms with Crippen LogP contribution in [0.2, 0.25) is 0 Å². The van der Waals surface area contributed by atoms with E-state index < -0.39 is 11.4 Å². The Morgan fingerprint density at radius 1 is 1.43 bits per heavy atom. The first-order chi connectivity index (χ1) is 10.1. The molecule has 1 atom stereocenters. The van der Waals surface area contributed by atoms with Crippen LogP contribution in [0.15, 0.2) is 18.3 Å². The normalized spacial score (nSPS) is 18.4. The van der Waals surface area contributed by atoms with Crippen LogP contribution < -0.4 is 5.32 Å². The number of aromatic nitrogens is 1. The third kappa shape index (κ3) is 3.40. The fourth-order valence-electron chi connectivity index (χ4n) is 2.97. The second kappa shape index (κ2) is 6.98. The van der Waals surface area contributed by atoms with Crippen LogP contribution in [0.4, 0.5) is 4.39 Å². The smallest absolute Gasteiger partial charge is 0.332 e. The maximum Gasteiger partial charge on any atom is 0.332 e. The van der Waals surface area contributed by atoms with Crippen LogP contribution in [-0.2, 0) is 15.1 Å². The van der Waals surface area contributed by atoms with Crippen molar-refractivity contribution in [2.24, 2.45) is 0 Å². The molecule has 0 radical (unpaired) electrons. The van der Waals surface area contributed by atoms with Crippen molar-refractivity contribution in [1.29, 1.82) is 0 Å². The summed E-state index contributed by atoms with van der Waals surface area (Å²) in [6.07, 6.45) is 6.08. The summed E-state index contributed by atoms with van der Waals surface area (Å²) in [5.74, 6) is -0.744. The monoisotopic (exact) mass is 294 g/mol. The number of hydrogen-bond acceptors (Lipinski definition) is 4. The first-order valence-electron chi connectivity index (χ1n) is 7.69. The molecule has 1 aliphatic rings. The fraction of sp³-hybridized carbons (Fsp3) is 0.625. The summed E-state index contributed by atoms with van der Waals surface area (Å²) >= 11 is 0. The molecule has 0 amide bonds. The van der Waals surface area contributed by atoms with Crippen molar-refractivity contribution in [1.82, 2.24) is 10.3 Å². The highest BCUT2D eigenvalue weighted by atomic mass is 19.1. The molecule has 1 saturated carbocycles. The van der Waals surface area contributed by atoms with E-state index in [0.717, 1.165) is 31.9 Å². The Morgan fingerprint density at radius 2 is 2.14 bits per heavy atom. The van der Waals surface area contributed by atoms with Crippen molar-refractivity contribution in [2.45, 2.75) is 57.5 Å². The topological polar surface area (TPSA) is 51.2 Å². The van der Waals surface area contributed by atoms with E-state index in [-0.39, 0.29) is 12.0 Å². The van der Waals surface area contributed by atoms with Gasteiger partial charge in [0.1, 0.15) is 5.82 Å². The Balaban J connectivity index is 2.34. The van der Waals surface area contributed by atoms with Crippen molar-refractivity contribution < 1.29 is 13.9 Å². The lowest BCUT2D eigenvalue weighted by Crippen LogP contribution is -2.53. The van der Waals surface area contributed by atoms with Crippen molar-refractivity contribution >= 4 is 5.97 Å². The molecule has 5 heteroatoms. The fourth-order valence-corrected chi connectivity index (χ4v) is 2.97. The van der Waals surface area contributed by atoms with Gasteiger partial charge in [-0.05, 0) is 38.3 Å². The van der Waals surface area contributed by atoms with E-state index in [1.807, 2.05) is 6.92 Å². The van der Waals surface area contributed by atoms with Gasteiger partial charge in [0.2, 0.25) is 0 Å². The molecule has 1 fully saturated rings. The zero-order chi connectivity index (χ0) is 15.3. The van der Waals surface area contributed by atoms with E-state index in [4.69, 9.17) is 4.74 Å². The van der Waals surface area contributed by atoms with E-state index in [2.05, 4.69) is 10.3 Å². The molecule has 116 valence electrons. The zero-order valence-electron chi connectivity index (χ0n) is 12.7. The van der Waals surface area contributed by atoms with Crippen LogP contribution >= 0.6 is 0 Å². The molecule has 0 bridgehead atoms. The van der Waals surface area contributed by atoms with Crippen molar-refractivity contribution in [2.75, 3.05) is 6.61 Å². The van der Waals surface area contributed by atoms with Gasteiger partial charge in [0.05, 0.1) is 18.5 Å². The lowest BCUT2D eigenvalue weighted by molar-refractivity contribution is -0.152. The number of hydrogen-bond donors (Lipinski definition) is 1. The number of rotatable bonds is 6. The average molecular weight is 294 g/mol. The molecule has 21 heavy (non-hydrogen) atoms. The first-order valence-corrected chi connectivity index (χ1v) is 7.69. The van der Waals surface area contributed by atoms with E-state index in [1.54, 1.807) is 13.0 Å². The number of esters is 1. The molecular weight excluding hydrogens is 271 g/mol. The molecule has 0 aliphatic heterocycles. The Labute approximate surface area is 125 Å². The van der Waals surface area contributed by atoms with E-state index >= 15 is 0 Å². The van der Waals surface area contributed by atoms with Crippen LogP contribution in [0.25, 0.3) is 0 Å². The van der Waals surface area contributed by atoms with Gasteiger partial charge >= 0.3 is 5.97 Å². The number of halogens is 1. The highest BCUT2D eigenvalue weighted by Crippen LogP contribution is 2.30. The first kappa shape index (κ1) is 15.9. The Kier molecular flexibility index (Phi) is 5.28. The molecule has 1 N–H and O–H groups in total. The second-order valence-corrected chi connectivity index (χ2v) is 5.47. The van der Waals surface area contributed by atoms with Crippen LogP contribution in [0.5, 0.6) is 0 Å². The number of nitrogens with zero attached hydrogens (tertiary/aromatic N) is 1. The predicted octanol–water partition coefficient (Wildman–Crippen LogP) is 2.92. The minimum absolute atomic E-state index is 0.279. The van der Waals surface area contributed by atoms with Gasteiger partial charge in [-0.1, -0.05) is 19.8 Å². The van der Waals surface area contributed by atoms with E-state index in [0.29, 0.717) is 18.7 Å². The van der Waals surface area contributed by atoms with E-state index in [1.165, 1.54) is 6.07 Å². The summed E-state index contributed by atoms with van der Waals surface area (Å²) in [6, 6.07) is 3.18. The molecular formula is C16H23FN2O2. The maximum atomic E-state index is 13.1. The quantitative estimate of drug-likeness (QED) is 0.820. The zero-order valence-corrected chi connectivity index (χ0v) is 12.7. The van der Waals surface area contributed by atoms with Gasteiger partial charge in [-0.15, -0.1) is 0 Å². The van der Waals surface area contributed by atoms with E-state index in [9.17, 15) is 9.18 Å². The number of carbonyl (C=O) groups is 1. The largest absolute Gasteiger partial charge is 0.464 e.